The Morgan fingerprint density at radius 2 is 1.52 bits per heavy atom. The highest BCUT2D eigenvalue weighted by Gasteiger charge is 2.53. The number of aromatic nitrogens is 8. The fraction of sp³-hybridized carbons (Fsp3) is 0.500. The van der Waals surface area contributed by atoms with Gasteiger partial charge in [-0.25, -0.2) is 34.2 Å². The molecule has 3 saturated heterocycles. The number of aromatic amines is 1. The van der Waals surface area contributed by atoms with Crippen LogP contribution in [0.15, 0.2) is 30.0 Å². The summed E-state index contributed by atoms with van der Waals surface area (Å²) in [5, 5.41) is 28.0. The first kappa shape index (κ1) is 29.5. The van der Waals surface area contributed by atoms with Crippen molar-refractivity contribution in [3.63, 3.8) is 0 Å². The number of nitrogens with one attached hydrogen (secondary N) is 1. The molecule has 10 atom stereocenters. The van der Waals surface area contributed by atoms with Gasteiger partial charge >= 0.3 is 15.6 Å². The molecule has 3 fully saturated rings. The fourth-order valence-corrected chi connectivity index (χ4v) is 7.15. The van der Waals surface area contributed by atoms with Crippen LogP contribution in [0, 0.1) is 0 Å². The summed E-state index contributed by atoms with van der Waals surface area (Å²) in [6.45, 7) is -1.60. The third-order valence-corrected chi connectivity index (χ3v) is 9.24. The molecule has 3 aliphatic heterocycles. The molecule has 0 radical (unpaired) electrons. The number of hydrogen-bond donors (Lipinski definition) is 6. The minimum atomic E-state index is -5.07. The molecule has 0 saturated carbocycles. The van der Waals surface area contributed by atoms with Crippen molar-refractivity contribution in [1.82, 2.24) is 39.3 Å². The van der Waals surface area contributed by atoms with Gasteiger partial charge in [-0.15, -0.1) is 0 Å². The van der Waals surface area contributed by atoms with E-state index < -0.39 is 83.5 Å². The number of hydrogen-bond acceptors (Lipinski definition) is 17. The summed E-state index contributed by atoms with van der Waals surface area (Å²) in [4.78, 5) is 49.4. The van der Waals surface area contributed by atoms with E-state index in [0.29, 0.717) is 0 Å². The smallest absolute Gasteiger partial charge is 0.387 e. The molecule has 22 nitrogen and oxygen atoms in total. The quantitative estimate of drug-likeness (QED) is 0.128. The maximum absolute atomic E-state index is 13.2. The van der Waals surface area contributed by atoms with E-state index in [0.717, 1.165) is 12.7 Å². The molecular formula is C20H23N9O13P2. The second-order valence-corrected chi connectivity index (χ2v) is 12.8. The topological polar surface area (TPSA) is 304 Å². The first-order valence-corrected chi connectivity index (χ1v) is 15.7. The van der Waals surface area contributed by atoms with Gasteiger partial charge < -0.3 is 35.2 Å². The second-order valence-electron chi connectivity index (χ2n) is 9.95. The molecule has 0 spiro atoms. The van der Waals surface area contributed by atoms with Crippen LogP contribution in [0.25, 0.3) is 22.2 Å². The number of phosphoric ester groups is 2. The Bertz CT molecular complexity index is 1880. The Morgan fingerprint density at radius 1 is 0.864 bits per heavy atom. The Balaban J connectivity index is 1.20. The Labute approximate surface area is 243 Å². The van der Waals surface area contributed by atoms with E-state index in [1.807, 2.05) is 0 Å². The minimum Gasteiger partial charge on any atom is -0.387 e. The first-order valence-electron chi connectivity index (χ1n) is 12.7. The Hall–Kier alpha value is -3.24. The molecule has 2 unspecified atom stereocenters. The average molecular weight is 659 g/mol. The third-order valence-electron chi connectivity index (χ3n) is 7.27. The van der Waals surface area contributed by atoms with Crippen molar-refractivity contribution in [2.75, 3.05) is 18.9 Å². The number of H-pyrrole nitrogens is 1. The van der Waals surface area contributed by atoms with Crippen LogP contribution < -0.4 is 11.3 Å². The molecule has 236 valence electrons. The molecule has 44 heavy (non-hydrogen) atoms. The van der Waals surface area contributed by atoms with Crippen LogP contribution in [0.1, 0.15) is 12.5 Å². The number of aliphatic hydroxyl groups excluding tert-OH is 2. The van der Waals surface area contributed by atoms with E-state index in [9.17, 15) is 33.9 Å². The van der Waals surface area contributed by atoms with Gasteiger partial charge in [-0.1, -0.05) is 0 Å². The largest absolute Gasteiger partial charge is 0.472 e. The standard InChI is InChI=1S/C20H23N9O13P2/c21-16-11-17(23-4-22-16)29(6-25-11)19-13(31)14-9(40-19)3-38-44(35,36)42-15-12(30)8(2-37-43(33,34)41-14)39-20(15)28-5-24-10-7(28)1-26-27-18(10)32/h1,4-6,8-9,12-15,19-20,30-31H,2-3H2,(H,27,32)(H,33,34)(H,35,36)(H2,21,22,23)/t8-,9-,12-,13-,14-,15-,19-,20-/m1/s1. The predicted molar refractivity (Wildman–Crippen MR) is 139 cm³/mol. The van der Waals surface area contributed by atoms with Crippen molar-refractivity contribution < 1.29 is 56.7 Å². The number of nitrogens with zero attached hydrogens (tertiary/aromatic N) is 7. The lowest BCUT2D eigenvalue weighted by Gasteiger charge is -2.26. The van der Waals surface area contributed by atoms with Crippen molar-refractivity contribution in [3.8, 4) is 0 Å². The number of aliphatic hydroxyl groups is 2. The number of nitrogen functional groups attached to an aromatic ring is 1. The number of fused-ring (bicyclic) bond motifs is 5. The van der Waals surface area contributed by atoms with Crippen LogP contribution in [0.2, 0.25) is 0 Å². The van der Waals surface area contributed by atoms with Crippen LogP contribution in [-0.4, -0.2) is 109 Å². The van der Waals surface area contributed by atoms with E-state index in [-0.39, 0.29) is 28.0 Å². The number of ether oxygens (including phenoxy) is 2. The lowest BCUT2D eigenvalue weighted by Crippen LogP contribution is -2.36. The summed E-state index contributed by atoms with van der Waals surface area (Å²) in [6, 6.07) is 0. The molecule has 0 aromatic carbocycles. The zero-order valence-electron chi connectivity index (χ0n) is 21.9. The molecular weight excluding hydrogens is 636 g/mol. The molecule has 24 heteroatoms. The normalized spacial score (nSPS) is 38.3. The summed E-state index contributed by atoms with van der Waals surface area (Å²) in [5.41, 5.74) is 5.58. The zero-order valence-corrected chi connectivity index (χ0v) is 23.7. The maximum Gasteiger partial charge on any atom is 0.472 e. The van der Waals surface area contributed by atoms with Crippen LogP contribution in [0.3, 0.4) is 0 Å². The van der Waals surface area contributed by atoms with Gasteiger partial charge in [0.15, 0.2) is 29.4 Å². The summed E-state index contributed by atoms with van der Waals surface area (Å²) < 4.78 is 61.1. The first-order chi connectivity index (χ1) is 20.9. The van der Waals surface area contributed by atoms with Gasteiger partial charge in [0.25, 0.3) is 5.56 Å². The van der Waals surface area contributed by atoms with Gasteiger partial charge in [-0.05, 0) is 0 Å². The van der Waals surface area contributed by atoms with Crippen LogP contribution in [0.5, 0.6) is 0 Å². The number of rotatable bonds is 2. The molecule has 0 aliphatic carbocycles. The van der Waals surface area contributed by atoms with Crippen LogP contribution >= 0.6 is 15.6 Å². The lowest BCUT2D eigenvalue weighted by molar-refractivity contribution is -0.0671. The maximum atomic E-state index is 13.2. The van der Waals surface area contributed by atoms with Crippen molar-refractivity contribution in [2.24, 2.45) is 0 Å². The van der Waals surface area contributed by atoms with E-state index in [2.05, 4.69) is 30.1 Å². The number of anilines is 1. The average Bonchev–Trinajstić information content (AvgIpc) is 3.73. The van der Waals surface area contributed by atoms with Gasteiger partial charge in [-0.2, -0.15) is 5.10 Å². The Morgan fingerprint density at radius 3 is 2.30 bits per heavy atom. The van der Waals surface area contributed by atoms with E-state index in [1.165, 1.54) is 21.7 Å². The van der Waals surface area contributed by atoms with Gasteiger partial charge in [-0.3, -0.25) is 32.0 Å². The highest BCUT2D eigenvalue weighted by Crippen LogP contribution is 2.53. The molecule has 2 bridgehead atoms. The zero-order chi connectivity index (χ0) is 31.0. The lowest BCUT2D eigenvalue weighted by atomic mass is 10.1. The van der Waals surface area contributed by atoms with Crippen molar-refractivity contribution in [1.29, 1.82) is 0 Å². The third kappa shape index (κ3) is 5.04. The molecule has 3 aliphatic rings. The molecule has 4 aromatic heterocycles. The summed E-state index contributed by atoms with van der Waals surface area (Å²) >= 11 is 0. The van der Waals surface area contributed by atoms with Gasteiger partial charge in [0.1, 0.15) is 48.5 Å². The number of imidazole rings is 2. The van der Waals surface area contributed by atoms with Crippen molar-refractivity contribution >= 4 is 43.7 Å². The van der Waals surface area contributed by atoms with Crippen molar-refractivity contribution in [2.45, 2.75) is 49.1 Å². The van der Waals surface area contributed by atoms with Gasteiger partial charge in [0.05, 0.1) is 37.6 Å². The molecule has 4 aromatic rings. The van der Waals surface area contributed by atoms with Crippen LogP contribution in [0.4, 0.5) is 5.82 Å². The highest BCUT2D eigenvalue weighted by atomic mass is 31.2. The van der Waals surface area contributed by atoms with E-state index in [4.69, 9.17) is 33.3 Å². The monoisotopic (exact) mass is 659 g/mol. The summed E-state index contributed by atoms with van der Waals surface area (Å²) in [6.07, 6.45) is -7.62. The highest BCUT2D eigenvalue weighted by molar-refractivity contribution is 7.47. The Kier molecular flexibility index (Phi) is 7.16. The molecule has 7 N–H and O–H groups in total. The summed E-state index contributed by atoms with van der Waals surface area (Å²) in [7, 11) is -10.1. The summed E-state index contributed by atoms with van der Waals surface area (Å²) in [5.74, 6) is 0.0408. The van der Waals surface area contributed by atoms with E-state index in [1.54, 1.807) is 0 Å². The van der Waals surface area contributed by atoms with Crippen molar-refractivity contribution in [3.05, 3.63) is 35.5 Å². The van der Waals surface area contributed by atoms with Gasteiger partial charge in [0, 0.05) is 0 Å². The molecule has 0 amide bonds. The fourth-order valence-electron chi connectivity index (χ4n) is 5.25. The van der Waals surface area contributed by atoms with E-state index >= 15 is 0 Å². The molecule has 7 rings (SSSR count). The second kappa shape index (κ2) is 10.7. The van der Waals surface area contributed by atoms with Gasteiger partial charge in [0.2, 0.25) is 0 Å². The molecule has 7 heterocycles. The predicted octanol–water partition coefficient (Wildman–Crippen LogP) is -1.92. The number of nitrogens with two attached hydrogens (primary N) is 1. The van der Waals surface area contributed by atoms with Crippen LogP contribution in [-0.2, 0) is 36.7 Å². The SMILES string of the molecule is Nc1ncnc2c1ncn2[C@@H]1O[C@@H]2COP(=O)(O)O[C@@H]3[C@H](O)[C@@H](COP(=O)(O)O[C@H]2[C@H]1O)O[C@H]3n1cnc2c(=O)[nH]ncc21. The number of phosphoric acid groups is 2. The minimum absolute atomic E-state index is 0.0408.